The van der Waals surface area contributed by atoms with Crippen LogP contribution in [-0.2, 0) is 26.3 Å². The van der Waals surface area contributed by atoms with Gasteiger partial charge >= 0.3 is 6.18 Å². The highest BCUT2D eigenvalue weighted by Gasteiger charge is 2.42. The van der Waals surface area contributed by atoms with Crippen molar-refractivity contribution in [2.24, 2.45) is 0 Å². The number of hydrogen-bond donors (Lipinski definition) is 1. The van der Waals surface area contributed by atoms with Gasteiger partial charge in [0.2, 0.25) is 15.9 Å². The van der Waals surface area contributed by atoms with Gasteiger partial charge in [0, 0.05) is 37.8 Å². The van der Waals surface area contributed by atoms with Crippen molar-refractivity contribution in [2.45, 2.75) is 42.8 Å². The van der Waals surface area contributed by atoms with Crippen molar-refractivity contribution in [3.63, 3.8) is 0 Å². The molecule has 2 aromatic rings. The molecule has 1 N–H and O–H groups in total. The smallest absolute Gasteiger partial charge is 0.420 e. The van der Waals surface area contributed by atoms with Crippen molar-refractivity contribution in [1.29, 1.82) is 0 Å². The Kier molecular flexibility index (Phi) is 8.13. The van der Waals surface area contributed by atoms with Crippen LogP contribution in [-0.4, -0.2) is 63.6 Å². The third-order valence-corrected chi connectivity index (χ3v) is 8.43. The zero-order valence-corrected chi connectivity index (χ0v) is 21.4. The number of hydrogen-bond acceptors (Lipinski definition) is 6. The van der Waals surface area contributed by atoms with Gasteiger partial charge in [-0.05, 0) is 31.5 Å². The SMILES string of the molecule is CN1[C@H](CCC(C)(F)F)CN(c2ccccc2)c2cc(C(F)(F)F)c(OCCS(=O)(=O)O)cc2S1(=O)=O. The summed E-state index contributed by atoms with van der Waals surface area (Å²) in [6.07, 6.45) is -5.97. The maximum Gasteiger partial charge on any atom is 0.420 e. The molecular weight excluding hydrogens is 547 g/mol. The van der Waals surface area contributed by atoms with Crippen LogP contribution < -0.4 is 9.64 Å². The van der Waals surface area contributed by atoms with Crippen molar-refractivity contribution in [1.82, 2.24) is 4.31 Å². The Hall–Kier alpha value is -2.49. The highest BCUT2D eigenvalue weighted by atomic mass is 32.2. The summed E-state index contributed by atoms with van der Waals surface area (Å²) in [7, 11) is -7.94. The first-order valence-corrected chi connectivity index (χ1v) is 14.0. The van der Waals surface area contributed by atoms with Crippen molar-refractivity contribution in [2.75, 3.05) is 30.9 Å². The van der Waals surface area contributed by atoms with Crippen LogP contribution in [0.4, 0.5) is 33.3 Å². The molecule has 8 nitrogen and oxygen atoms in total. The fraction of sp³-hybridized carbons (Fsp3) is 0.455. The second kappa shape index (κ2) is 10.3. The lowest BCUT2D eigenvalue weighted by Crippen LogP contribution is -2.41. The molecule has 0 spiro atoms. The quantitative estimate of drug-likeness (QED) is 0.366. The number of benzene rings is 2. The number of sulfonamides is 1. The summed E-state index contributed by atoms with van der Waals surface area (Å²) in [4.78, 5) is 0.728. The van der Waals surface area contributed by atoms with Crippen molar-refractivity contribution >= 4 is 31.5 Å². The fourth-order valence-electron chi connectivity index (χ4n) is 3.89. The van der Waals surface area contributed by atoms with E-state index in [1.165, 1.54) is 17.0 Å². The second-order valence-electron chi connectivity index (χ2n) is 8.68. The molecule has 0 saturated carbocycles. The number of ether oxygens (including phenoxy) is 1. The normalized spacial score (nSPS) is 18.8. The van der Waals surface area contributed by atoms with E-state index in [1.54, 1.807) is 18.2 Å². The van der Waals surface area contributed by atoms with E-state index in [-0.39, 0.29) is 18.7 Å². The Bertz CT molecular complexity index is 1330. The predicted molar refractivity (Wildman–Crippen MR) is 125 cm³/mol. The Morgan fingerprint density at radius 1 is 1.11 bits per heavy atom. The molecule has 0 amide bonds. The van der Waals surface area contributed by atoms with Gasteiger partial charge in [0.05, 0.1) is 11.3 Å². The minimum absolute atomic E-state index is 0.219. The van der Waals surface area contributed by atoms with Crippen LogP contribution in [0.5, 0.6) is 5.75 Å². The Balaban J connectivity index is 2.22. The van der Waals surface area contributed by atoms with E-state index in [1.807, 2.05) is 0 Å². The minimum Gasteiger partial charge on any atom is -0.492 e. The zero-order chi connectivity index (χ0) is 27.8. The lowest BCUT2D eigenvalue weighted by atomic mass is 10.1. The van der Waals surface area contributed by atoms with Gasteiger partial charge in [-0.1, -0.05) is 18.2 Å². The first-order valence-electron chi connectivity index (χ1n) is 10.9. The number of para-hydroxylation sites is 1. The molecule has 0 bridgehead atoms. The number of fused-ring (bicyclic) bond motifs is 1. The van der Waals surface area contributed by atoms with E-state index in [2.05, 4.69) is 0 Å². The summed E-state index contributed by atoms with van der Waals surface area (Å²) in [6.45, 7) is -0.413. The molecule has 3 rings (SSSR count). The lowest BCUT2D eigenvalue weighted by molar-refractivity contribution is -0.138. The third-order valence-electron chi connectivity index (χ3n) is 5.81. The Morgan fingerprint density at radius 3 is 2.27 bits per heavy atom. The predicted octanol–water partition coefficient (Wildman–Crippen LogP) is 4.55. The van der Waals surface area contributed by atoms with E-state index in [4.69, 9.17) is 9.29 Å². The summed E-state index contributed by atoms with van der Waals surface area (Å²) in [5.41, 5.74) is -1.40. The molecule has 0 radical (unpaired) electrons. The van der Waals surface area contributed by atoms with Gasteiger partial charge in [-0.3, -0.25) is 4.55 Å². The minimum atomic E-state index is -5.03. The fourth-order valence-corrected chi connectivity index (χ4v) is 5.74. The van der Waals surface area contributed by atoms with Crippen LogP contribution in [0.1, 0.15) is 25.3 Å². The van der Waals surface area contributed by atoms with Gasteiger partial charge in [-0.15, -0.1) is 0 Å². The van der Waals surface area contributed by atoms with Gasteiger partial charge < -0.3 is 9.64 Å². The molecule has 0 unspecified atom stereocenters. The first kappa shape index (κ1) is 29.1. The summed E-state index contributed by atoms with van der Waals surface area (Å²) in [5, 5.41) is 0. The summed E-state index contributed by atoms with van der Waals surface area (Å²) >= 11 is 0. The molecule has 1 heterocycles. The van der Waals surface area contributed by atoms with Gasteiger partial charge in [0.25, 0.3) is 10.1 Å². The lowest BCUT2D eigenvalue weighted by Gasteiger charge is -2.30. The summed E-state index contributed by atoms with van der Waals surface area (Å²) < 4.78 is 133. The number of anilines is 2. The van der Waals surface area contributed by atoms with Gasteiger partial charge in [-0.2, -0.15) is 25.9 Å². The first-order chi connectivity index (χ1) is 16.9. The molecular formula is C22H25F5N2O6S2. The molecule has 0 aliphatic carbocycles. The molecule has 1 atom stereocenters. The number of likely N-dealkylation sites (N-methyl/N-ethyl adjacent to an activating group) is 1. The van der Waals surface area contributed by atoms with Crippen molar-refractivity contribution in [3.8, 4) is 5.75 Å². The highest BCUT2D eigenvalue weighted by Crippen LogP contribution is 2.45. The largest absolute Gasteiger partial charge is 0.492 e. The molecule has 206 valence electrons. The van der Waals surface area contributed by atoms with Crippen LogP contribution in [0.3, 0.4) is 0 Å². The molecule has 1 aliphatic rings. The van der Waals surface area contributed by atoms with Crippen molar-refractivity contribution in [3.05, 3.63) is 48.0 Å². The van der Waals surface area contributed by atoms with Gasteiger partial charge in [0.1, 0.15) is 23.0 Å². The molecule has 1 aliphatic heterocycles. The van der Waals surface area contributed by atoms with Gasteiger partial charge in [-0.25, -0.2) is 17.2 Å². The average molecular weight is 573 g/mol. The van der Waals surface area contributed by atoms with Crippen LogP contribution >= 0.6 is 0 Å². The second-order valence-corrected chi connectivity index (χ2v) is 12.2. The third kappa shape index (κ3) is 7.09. The summed E-state index contributed by atoms with van der Waals surface area (Å²) in [6, 6.07) is 8.09. The Labute approximate surface area is 211 Å². The molecule has 37 heavy (non-hydrogen) atoms. The van der Waals surface area contributed by atoms with E-state index < -0.39 is 73.3 Å². The van der Waals surface area contributed by atoms with E-state index in [9.17, 15) is 38.8 Å². The monoisotopic (exact) mass is 572 g/mol. The molecule has 0 aromatic heterocycles. The number of alkyl halides is 5. The molecule has 0 fully saturated rings. The molecule has 15 heteroatoms. The van der Waals surface area contributed by atoms with Crippen LogP contribution in [0, 0.1) is 0 Å². The highest BCUT2D eigenvalue weighted by molar-refractivity contribution is 7.89. The maximum absolute atomic E-state index is 14.0. The standard InChI is InChI=1S/C22H25F5N2O6S2/c1-21(23,24)9-8-16-14-29(15-6-4-3-5-7-15)18-12-17(22(25,26)27)19(35-10-11-36(30,31)32)13-20(18)37(33,34)28(16)2/h3-7,12-13,16H,8-11,14H2,1-2H3,(H,30,31,32)/t16-/m1/s1. The molecule has 2 aromatic carbocycles. The summed E-state index contributed by atoms with van der Waals surface area (Å²) in [5.74, 6) is -5.09. The maximum atomic E-state index is 14.0. The molecule has 0 saturated heterocycles. The number of nitrogens with zero attached hydrogens (tertiary/aromatic N) is 2. The van der Waals surface area contributed by atoms with Crippen LogP contribution in [0.25, 0.3) is 0 Å². The van der Waals surface area contributed by atoms with Crippen LogP contribution in [0.2, 0.25) is 0 Å². The number of halogens is 5. The Morgan fingerprint density at radius 2 is 1.73 bits per heavy atom. The number of rotatable bonds is 8. The van der Waals surface area contributed by atoms with Gasteiger partial charge in [0.15, 0.2) is 0 Å². The van der Waals surface area contributed by atoms with E-state index in [0.29, 0.717) is 24.7 Å². The van der Waals surface area contributed by atoms with Crippen LogP contribution in [0.15, 0.2) is 47.4 Å². The van der Waals surface area contributed by atoms with E-state index in [0.717, 1.165) is 11.4 Å². The van der Waals surface area contributed by atoms with Crippen molar-refractivity contribution < 1.29 is 48.1 Å². The average Bonchev–Trinajstić information content (AvgIpc) is 2.84. The zero-order valence-electron chi connectivity index (χ0n) is 19.7. The van der Waals surface area contributed by atoms with E-state index >= 15 is 0 Å². The topological polar surface area (TPSA) is 104 Å².